The predicted molar refractivity (Wildman–Crippen MR) is 112 cm³/mol. The zero-order valence-corrected chi connectivity index (χ0v) is 17.2. The summed E-state index contributed by atoms with van der Waals surface area (Å²) >= 11 is 7.89. The number of nitrogens with one attached hydrogen (secondary N) is 1. The van der Waals surface area contributed by atoms with E-state index in [1.54, 1.807) is 22.7 Å². The average Bonchev–Trinajstić information content (AvgIpc) is 3.14. The van der Waals surface area contributed by atoms with Gasteiger partial charge in [0.15, 0.2) is 0 Å². The number of thioether (sulfide) groups is 1. The van der Waals surface area contributed by atoms with E-state index in [4.69, 9.17) is 16.3 Å². The topological polar surface area (TPSA) is 58.6 Å². The van der Waals surface area contributed by atoms with Crippen molar-refractivity contribution < 1.29 is 14.3 Å². The van der Waals surface area contributed by atoms with Crippen molar-refractivity contribution in [1.82, 2.24) is 10.2 Å². The normalized spacial score (nSPS) is 18.9. The number of carbonyl (C=O) groups is 2. The standard InChI is InChI=1S/C21H23ClN2O3S/c1-27-13-19(25)24-18(14-28-21(24)16-9-5-6-10-17(16)22)20(26)23-12-11-15-7-3-2-4-8-15/h2-10,18,21H,11-14H2,1H3,(H,23,26)/t18-,21+/m1/s1. The van der Waals surface area contributed by atoms with Crippen molar-refractivity contribution in [3.63, 3.8) is 0 Å². The molecule has 1 N–H and O–H groups in total. The maximum absolute atomic E-state index is 12.8. The highest BCUT2D eigenvalue weighted by Gasteiger charge is 2.42. The molecule has 1 heterocycles. The van der Waals surface area contributed by atoms with Crippen molar-refractivity contribution >= 4 is 35.2 Å². The maximum atomic E-state index is 12.8. The highest BCUT2D eigenvalue weighted by molar-refractivity contribution is 7.99. The lowest BCUT2D eigenvalue weighted by molar-refractivity contribution is -0.142. The van der Waals surface area contributed by atoms with Gasteiger partial charge in [-0.05, 0) is 18.1 Å². The molecule has 2 atom stereocenters. The second-order valence-electron chi connectivity index (χ2n) is 6.48. The number of ether oxygens (including phenoxy) is 1. The van der Waals surface area contributed by atoms with Gasteiger partial charge in [0.25, 0.3) is 0 Å². The van der Waals surface area contributed by atoms with Crippen LogP contribution in [0.25, 0.3) is 0 Å². The Kier molecular flexibility index (Phi) is 7.36. The molecule has 148 valence electrons. The molecule has 1 fully saturated rings. The first-order valence-electron chi connectivity index (χ1n) is 9.09. The molecular weight excluding hydrogens is 396 g/mol. The molecule has 1 aliphatic heterocycles. The molecule has 28 heavy (non-hydrogen) atoms. The van der Waals surface area contributed by atoms with Crippen molar-refractivity contribution in [2.75, 3.05) is 26.0 Å². The van der Waals surface area contributed by atoms with Crippen LogP contribution in [0.3, 0.4) is 0 Å². The first-order valence-corrected chi connectivity index (χ1v) is 10.5. The number of nitrogens with zero attached hydrogens (tertiary/aromatic N) is 1. The molecule has 0 saturated carbocycles. The van der Waals surface area contributed by atoms with Crippen LogP contribution in [0.15, 0.2) is 54.6 Å². The van der Waals surface area contributed by atoms with Gasteiger partial charge in [0.05, 0.1) is 0 Å². The summed E-state index contributed by atoms with van der Waals surface area (Å²) in [4.78, 5) is 27.1. The number of halogens is 1. The summed E-state index contributed by atoms with van der Waals surface area (Å²) in [5.41, 5.74) is 1.99. The number of benzene rings is 2. The zero-order chi connectivity index (χ0) is 19.9. The largest absolute Gasteiger partial charge is 0.375 e. The predicted octanol–water partition coefficient (Wildman–Crippen LogP) is 3.29. The van der Waals surface area contributed by atoms with E-state index in [9.17, 15) is 9.59 Å². The van der Waals surface area contributed by atoms with Gasteiger partial charge in [0.1, 0.15) is 18.0 Å². The minimum Gasteiger partial charge on any atom is -0.375 e. The van der Waals surface area contributed by atoms with Gasteiger partial charge in [0, 0.05) is 30.0 Å². The third-order valence-corrected chi connectivity index (χ3v) is 6.24. The molecule has 1 aliphatic rings. The summed E-state index contributed by atoms with van der Waals surface area (Å²) in [6.45, 7) is 0.447. The number of methoxy groups -OCH3 is 1. The average molecular weight is 419 g/mol. The third kappa shape index (κ3) is 4.87. The Hall–Kier alpha value is -2.02. The summed E-state index contributed by atoms with van der Waals surface area (Å²) < 4.78 is 5.03. The van der Waals surface area contributed by atoms with Gasteiger partial charge in [-0.2, -0.15) is 0 Å². The van der Waals surface area contributed by atoms with Crippen LogP contribution in [0.1, 0.15) is 16.5 Å². The monoisotopic (exact) mass is 418 g/mol. The van der Waals surface area contributed by atoms with Crippen molar-refractivity contribution in [3.8, 4) is 0 Å². The molecule has 0 aromatic heterocycles. The Morgan fingerprint density at radius 2 is 1.89 bits per heavy atom. The molecule has 5 nitrogen and oxygen atoms in total. The number of hydrogen-bond donors (Lipinski definition) is 1. The SMILES string of the molecule is COCC(=O)N1[C@@H](C(=O)NCCc2ccccc2)CS[C@H]1c1ccccc1Cl. The van der Waals surface area contributed by atoms with Gasteiger partial charge < -0.3 is 15.0 Å². The molecule has 2 amide bonds. The summed E-state index contributed by atoms with van der Waals surface area (Å²) in [7, 11) is 1.47. The van der Waals surface area contributed by atoms with E-state index in [0.717, 1.165) is 17.5 Å². The Bertz CT molecular complexity index is 818. The van der Waals surface area contributed by atoms with E-state index < -0.39 is 6.04 Å². The van der Waals surface area contributed by atoms with E-state index >= 15 is 0 Å². The van der Waals surface area contributed by atoms with E-state index in [1.807, 2.05) is 48.5 Å². The number of rotatable bonds is 7. The summed E-state index contributed by atoms with van der Waals surface area (Å²) in [5.74, 6) is 0.144. The van der Waals surface area contributed by atoms with Crippen LogP contribution in [-0.2, 0) is 20.7 Å². The van der Waals surface area contributed by atoms with Crippen molar-refractivity contribution in [1.29, 1.82) is 0 Å². The molecule has 0 spiro atoms. The van der Waals surface area contributed by atoms with Gasteiger partial charge >= 0.3 is 0 Å². The molecule has 1 saturated heterocycles. The van der Waals surface area contributed by atoms with Crippen LogP contribution in [0.2, 0.25) is 5.02 Å². The summed E-state index contributed by atoms with van der Waals surface area (Å²) in [6.07, 6.45) is 0.742. The lowest BCUT2D eigenvalue weighted by Crippen LogP contribution is -2.49. The summed E-state index contributed by atoms with van der Waals surface area (Å²) in [6, 6.07) is 16.8. The van der Waals surface area contributed by atoms with Crippen LogP contribution in [0.5, 0.6) is 0 Å². The first kappa shape index (κ1) is 20.7. The van der Waals surface area contributed by atoms with Gasteiger partial charge in [-0.25, -0.2) is 0 Å². The minimum atomic E-state index is -0.551. The van der Waals surface area contributed by atoms with Crippen molar-refractivity contribution in [2.45, 2.75) is 17.8 Å². The van der Waals surface area contributed by atoms with Crippen LogP contribution < -0.4 is 5.32 Å². The number of hydrogen-bond acceptors (Lipinski definition) is 4. The molecule has 3 rings (SSSR count). The van der Waals surface area contributed by atoms with E-state index in [0.29, 0.717) is 17.3 Å². The Labute approximate surface area is 174 Å². The second-order valence-corrected chi connectivity index (χ2v) is 8.00. The zero-order valence-electron chi connectivity index (χ0n) is 15.6. The molecule has 0 unspecified atom stereocenters. The Morgan fingerprint density at radius 3 is 2.61 bits per heavy atom. The lowest BCUT2D eigenvalue weighted by Gasteiger charge is -2.29. The number of amides is 2. The van der Waals surface area contributed by atoms with Crippen molar-refractivity contribution in [3.05, 3.63) is 70.7 Å². The highest BCUT2D eigenvalue weighted by atomic mass is 35.5. The highest BCUT2D eigenvalue weighted by Crippen LogP contribution is 2.43. The fraction of sp³-hybridized carbons (Fsp3) is 0.333. The van der Waals surface area contributed by atoms with Gasteiger partial charge in [-0.15, -0.1) is 11.8 Å². The van der Waals surface area contributed by atoms with E-state index in [-0.39, 0.29) is 23.8 Å². The van der Waals surface area contributed by atoms with Crippen molar-refractivity contribution in [2.24, 2.45) is 0 Å². The Morgan fingerprint density at radius 1 is 1.18 bits per heavy atom. The molecule has 0 aliphatic carbocycles. The van der Waals surface area contributed by atoms with Crippen LogP contribution in [0.4, 0.5) is 0 Å². The molecule has 0 radical (unpaired) electrons. The second kappa shape index (κ2) is 9.96. The van der Waals surface area contributed by atoms with Crippen LogP contribution in [-0.4, -0.2) is 48.8 Å². The van der Waals surface area contributed by atoms with Gasteiger partial charge in [-0.3, -0.25) is 9.59 Å². The quantitative estimate of drug-likeness (QED) is 0.749. The van der Waals surface area contributed by atoms with E-state index in [1.165, 1.54) is 7.11 Å². The number of carbonyl (C=O) groups excluding carboxylic acids is 2. The van der Waals surface area contributed by atoms with Crippen LogP contribution in [0, 0.1) is 0 Å². The minimum absolute atomic E-state index is 0.0741. The summed E-state index contributed by atoms with van der Waals surface area (Å²) in [5, 5.41) is 3.25. The Balaban J connectivity index is 1.70. The van der Waals surface area contributed by atoms with Gasteiger partial charge in [-0.1, -0.05) is 60.1 Å². The molecule has 2 aromatic carbocycles. The molecule has 0 bridgehead atoms. The van der Waals surface area contributed by atoms with Crippen LogP contribution >= 0.6 is 23.4 Å². The third-order valence-electron chi connectivity index (χ3n) is 4.59. The fourth-order valence-corrected chi connectivity index (χ4v) is 5.01. The molecular formula is C21H23ClN2O3S. The van der Waals surface area contributed by atoms with Gasteiger partial charge in [0.2, 0.25) is 11.8 Å². The smallest absolute Gasteiger partial charge is 0.250 e. The lowest BCUT2D eigenvalue weighted by atomic mass is 10.1. The fourth-order valence-electron chi connectivity index (χ4n) is 3.22. The molecule has 7 heteroatoms. The van der Waals surface area contributed by atoms with E-state index in [2.05, 4.69) is 5.32 Å². The molecule has 2 aromatic rings. The maximum Gasteiger partial charge on any atom is 0.250 e. The first-order chi connectivity index (χ1) is 13.6.